The first-order chi connectivity index (χ1) is 14.2. The molecule has 0 fully saturated rings. The number of carboxylic acids is 3. The van der Waals surface area contributed by atoms with Crippen LogP contribution in [0.5, 0.6) is 0 Å². The normalized spacial score (nSPS) is 10.5. The van der Waals surface area contributed by atoms with E-state index in [4.69, 9.17) is 5.11 Å². The van der Waals surface area contributed by atoms with Gasteiger partial charge in [0, 0.05) is 22.9 Å². The van der Waals surface area contributed by atoms with Gasteiger partial charge in [-0.3, -0.25) is 9.59 Å². The summed E-state index contributed by atoms with van der Waals surface area (Å²) in [5.41, 5.74) is 1.22. The van der Waals surface area contributed by atoms with Crippen LogP contribution in [-0.2, 0) is 9.59 Å². The highest BCUT2D eigenvalue weighted by Gasteiger charge is 2.17. The molecule has 2 aromatic rings. The van der Waals surface area contributed by atoms with Crippen LogP contribution in [0.3, 0.4) is 0 Å². The second-order valence-electron chi connectivity index (χ2n) is 6.48. The lowest BCUT2D eigenvalue weighted by atomic mass is 10.2. The van der Waals surface area contributed by atoms with E-state index in [9.17, 15) is 24.6 Å². The van der Waals surface area contributed by atoms with Crippen LogP contribution in [0.2, 0.25) is 0 Å². The molecule has 8 nitrogen and oxygen atoms in total. The number of rotatable bonds is 11. The van der Waals surface area contributed by atoms with Crippen LogP contribution in [0.1, 0.15) is 16.8 Å². The lowest BCUT2D eigenvalue weighted by molar-refractivity contribution is -0.136. The Kier molecular flexibility index (Phi) is 8.43. The van der Waals surface area contributed by atoms with Crippen LogP contribution in [0.15, 0.2) is 52.3 Å². The number of aromatic carboxylic acids is 1. The molecule has 0 aliphatic heterocycles. The highest BCUT2D eigenvalue weighted by Crippen LogP contribution is 2.27. The van der Waals surface area contributed by atoms with E-state index in [1.54, 1.807) is 34.1 Å². The van der Waals surface area contributed by atoms with E-state index in [2.05, 4.69) is 25.3 Å². The van der Waals surface area contributed by atoms with E-state index in [-0.39, 0.29) is 18.7 Å². The van der Waals surface area contributed by atoms with Crippen LogP contribution in [0.25, 0.3) is 0 Å². The summed E-state index contributed by atoms with van der Waals surface area (Å²) in [6.07, 6.45) is 0.455. The van der Waals surface area contributed by atoms with Crippen molar-refractivity contribution in [3.63, 3.8) is 0 Å². The number of carboxylic acid groups (broad SMARTS) is 3. The minimum atomic E-state index is -1.10. The highest BCUT2D eigenvalue weighted by molar-refractivity contribution is 7.80. The summed E-state index contributed by atoms with van der Waals surface area (Å²) in [6, 6.07) is 11.4. The zero-order valence-corrected chi connectivity index (χ0v) is 17.7. The first kappa shape index (κ1) is 23.4. The van der Waals surface area contributed by atoms with Crippen LogP contribution in [0, 0.1) is 0 Å². The van der Waals surface area contributed by atoms with Gasteiger partial charge in [0.25, 0.3) is 0 Å². The van der Waals surface area contributed by atoms with Crippen molar-refractivity contribution >= 4 is 54.5 Å². The molecule has 0 unspecified atom stereocenters. The van der Waals surface area contributed by atoms with Crippen molar-refractivity contribution in [3.8, 4) is 0 Å². The second kappa shape index (κ2) is 10.8. The first-order valence-electron chi connectivity index (χ1n) is 8.97. The monoisotopic (exact) mass is 450 g/mol. The van der Waals surface area contributed by atoms with E-state index in [0.717, 1.165) is 0 Å². The Labute approximate surface area is 184 Å². The number of anilines is 2. The molecule has 160 valence electrons. The number of benzene rings is 2. The molecular weight excluding hydrogens is 428 g/mol. The molecule has 0 saturated carbocycles. The summed E-state index contributed by atoms with van der Waals surface area (Å²) in [5, 5.41) is 27.6. The van der Waals surface area contributed by atoms with E-state index in [1.165, 1.54) is 18.2 Å². The Balaban J connectivity index is 2.16. The van der Waals surface area contributed by atoms with Gasteiger partial charge in [0.2, 0.25) is 0 Å². The average molecular weight is 451 g/mol. The van der Waals surface area contributed by atoms with Crippen molar-refractivity contribution < 1.29 is 29.7 Å². The Morgan fingerprint density at radius 1 is 0.767 bits per heavy atom. The molecule has 30 heavy (non-hydrogen) atoms. The molecule has 0 heterocycles. The van der Waals surface area contributed by atoms with Crippen LogP contribution >= 0.6 is 25.3 Å². The van der Waals surface area contributed by atoms with Crippen LogP contribution in [0.4, 0.5) is 11.4 Å². The van der Waals surface area contributed by atoms with Gasteiger partial charge in [-0.15, -0.1) is 25.3 Å². The molecular formula is C20H22N2O6S2. The molecule has 3 N–H and O–H groups in total. The minimum Gasteiger partial charge on any atom is -0.480 e. The van der Waals surface area contributed by atoms with Crippen LogP contribution < -0.4 is 9.80 Å². The Bertz CT molecular complexity index is 937. The summed E-state index contributed by atoms with van der Waals surface area (Å²) in [5.74, 6) is -3.14. The molecule has 0 aromatic heterocycles. The van der Waals surface area contributed by atoms with Gasteiger partial charge in [0.1, 0.15) is 13.1 Å². The maximum atomic E-state index is 11.3. The summed E-state index contributed by atoms with van der Waals surface area (Å²) >= 11 is 8.69. The molecule has 2 aromatic carbocycles. The van der Waals surface area contributed by atoms with Crippen molar-refractivity contribution in [1.82, 2.24) is 0 Å². The van der Waals surface area contributed by atoms with Crippen molar-refractivity contribution in [2.24, 2.45) is 0 Å². The quantitative estimate of drug-likeness (QED) is 0.332. The lowest BCUT2D eigenvalue weighted by Crippen LogP contribution is -2.35. The Morgan fingerprint density at radius 2 is 1.30 bits per heavy atom. The second-order valence-corrected chi connectivity index (χ2v) is 7.45. The molecule has 0 bridgehead atoms. The molecule has 2 rings (SSSR count). The largest absolute Gasteiger partial charge is 0.480 e. The van der Waals surface area contributed by atoms with E-state index in [0.29, 0.717) is 40.7 Å². The predicted octanol–water partition coefficient (Wildman–Crippen LogP) is 2.83. The number of hydrogen-bond donors (Lipinski definition) is 5. The smallest absolute Gasteiger partial charge is 0.335 e. The van der Waals surface area contributed by atoms with Crippen molar-refractivity contribution in [1.29, 1.82) is 0 Å². The van der Waals surface area contributed by atoms with Gasteiger partial charge in [-0.2, -0.15) is 0 Å². The number of hydrogen-bond acceptors (Lipinski definition) is 7. The third-order valence-electron chi connectivity index (χ3n) is 4.29. The van der Waals surface area contributed by atoms with Gasteiger partial charge in [0.05, 0.1) is 16.9 Å². The molecule has 0 aliphatic rings. The summed E-state index contributed by atoms with van der Waals surface area (Å²) < 4.78 is 0. The standard InChI is InChI=1S/C20H22N2O6S2/c23-18(24)11-21(14-4-1-2-5-16(14)29)8-3-9-22(12-19(25)26)15-7-6-13(20(27)28)10-17(15)30/h1-2,4-7,10,29-30H,3,8-9,11-12H2,(H,23,24)(H,25,26)(H,27,28). The maximum absolute atomic E-state index is 11.3. The number of nitrogens with zero attached hydrogens (tertiary/aromatic N) is 2. The zero-order chi connectivity index (χ0) is 22.3. The van der Waals surface area contributed by atoms with Crippen molar-refractivity contribution in [2.45, 2.75) is 16.2 Å². The Hall–Kier alpha value is -2.85. The maximum Gasteiger partial charge on any atom is 0.335 e. The van der Waals surface area contributed by atoms with Crippen molar-refractivity contribution in [3.05, 3.63) is 48.0 Å². The van der Waals surface area contributed by atoms with Gasteiger partial charge in [-0.05, 0) is 36.8 Å². The topological polar surface area (TPSA) is 118 Å². The van der Waals surface area contributed by atoms with Gasteiger partial charge >= 0.3 is 17.9 Å². The van der Waals surface area contributed by atoms with E-state index in [1.807, 2.05) is 0 Å². The highest BCUT2D eigenvalue weighted by atomic mass is 32.1. The first-order valence-corrected chi connectivity index (χ1v) is 9.86. The molecule has 0 aliphatic carbocycles. The van der Waals surface area contributed by atoms with E-state index >= 15 is 0 Å². The summed E-state index contributed by atoms with van der Waals surface area (Å²) in [6.45, 7) is 0.135. The molecule has 0 spiro atoms. The SMILES string of the molecule is O=C(O)CN(CCCN(CC(=O)O)c1ccc(C(=O)O)cc1S)c1ccccc1S. The van der Waals surface area contributed by atoms with Gasteiger partial charge < -0.3 is 25.1 Å². The number of aliphatic carboxylic acids is 2. The fourth-order valence-corrected chi connectivity index (χ4v) is 3.66. The molecule has 0 radical (unpaired) electrons. The molecule has 0 saturated heterocycles. The fraction of sp³-hybridized carbons (Fsp3) is 0.250. The predicted molar refractivity (Wildman–Crippen MR) is 119 cm³/mol. The molecule has 10 heteroatoms. The third kappa shape index (κ3) is 6.60. The average Bonchev–Trinajstić information content (AvgIpc) is 2.66. The minimum absolute atomic E-state index is 0.0528. The molecule has 0 amide bonds. The molecule has 0 atom stereocenters. The van der Waals surface area contributed by atoms with Gasteiger partial charge in [-0.1, -0.05) is 12.1 Å². The number of carbonyl (C=O) groups is 3. The fourth-order valence-electron chi connectivity index (χ4n) is 3.00. The lowest BCUT2D eigenvalue weighted by Gasteiger charge is -2.28. The number of para-hydroxylation sites is 1. The van der Waals surface area contributed by atoms with Crippen molar-refractivity contribution in [2.75, 3.05) is 36.0 Å². The van der Waals surface area contributed by atoms with Gasteiger partial charge in [-0.25, -0.2) is 4.79 Å². The Morgan fingerprint density at radius 3 is 1.77 bits per heavy atom. The summed E-state index contributed by atoms with van der Waals surface area (Å²) in [4.78, 5) is 37.9. The van der Waals surface area contributed by atoms with Crippen LogP contribution in [-0.4, -0.2) is 59.4 Å². The zero-order valence-electron chi connectivity index (χ0n) is 15.9. The number of thiol groups is 2. The van der Waals surface area contributed by atoms with Gasteiger partial charge in [0.15, 0.2) is 0 Å². The third-order valence-corrected chi connectivity index (χ3v) is 5.03. The summed E-state index contributed by atoms with van der Waals surface area (Å²) in [7, 11) is 0. The van der Waals surface area contributed by atoms with E-state index < -0.39 is 17.9 Å².